The summed E-state index contributed by atoms with van der Waals surface area (Å²) in [6.07, 6.45) is 1.63. The first-order valence-electron chi connectivity index (χ1n) is 12.9. The molecule has 0 spiro atoms. The summed E-state index contributed by atoms with van der Waals surface area (Å²) in [7, 11) is 0. The van der Waals surface area contributed by atoms with E-state index < -0.39 is 6.04 Å². The Morgan fingerprint density at radius 1 is 0.925 bits per heavy atom. The molecule has 2 heterocycles. The van der Waals surface area contributed by atoms with Gasteiger partial charge >= 0.3 is 0 Å². The number of carbonyl (C=O) groups excluding carboxylic acids is 2. The second-order valence-electron chi connectivity index (χ2n) is 9.37. The third-order valence-corrected chi connectivity index (χ3v) is 7.35. The molecule has 8 heteroatoms. The molecule has 0 fully saturated rings. The fourth-order valence-electron chi connectivity index (χ4n) is 4.74. The van der Waals surface area contributed by atoms with Crippen LogP contribution in [0.25, 0.3) is 0 Å². The summed E-state index contributed by atoms with van der Waals surface area (Å²) < 4.78 is 5.89. The monoisotopic (exact) mass is 546 g/mol. The fourth-order valence-corrected chi connectivity index (χ4v) is 5.27. The third-order valence-electron chi connectivity index (χ3n) is 6.67. The molecule has 2 amide bonds. The van der Waals surface area contributed by atoms with Crippen LogP contribution < -0.4 is 15.4 Å². The minimum absolute atomic E-state index is 0.176. The van der Waals surface area contributed by atoms with Crippen LogP contribution in [0.15, 0.2) is 115 Å². The number of rotatable bonds is 9. The standard InChI is InChI=1S/C32H26N4O3S/c37-30(35-32-33-17-18-40-32)29(23-9-5-2-6-10-23)36-20-24-19-26(13-16-28(24)31(36)38)34-25-11-14-27(15-12-25)39-21-22-7-3-1-4-8-22/h1-19,29,34H,20-21H2,(H,33,35,37)/t29-/m1/s1. The maximum Gasteiger partial charge on any atom is 0.255 e. The molecule has 6 rings (SSSR count). The first-order valence-corrected chi connectivity index (χ1v) is 13.7. The van der Waals surface area contributed by atoms with E-state index in [1.54, 1.807) is 16.5 Å². The summed E-state index contributed by atoms with van der Waals surface area (Å²) in [4.78, 5) is 32.7. The van der Waals surface area contributed by atoms with Crippen LogP contribution in [0.3, 0.4) is 0 Å². The molecule has 0 radical (unpaired) electrons. The Labute approximate surface area is 236 Å². The van der Waals surface area contributed by atoms with E-state index in [1.165, 1.54) is 11.3 Å². The van der Waals surface area contributed by atoms with Crippen LogP contribution in [-0.2, 0) is 17.9 Å². The number of aromatic nitrogens is 1. The van der Waals surface area contributed by atoms with E-state index in [-0.39, 0.29) is 11.8 Å². The molecule has 198 valence electrons. The Morgan fingerprint density at radius 2 is 1.65 bits per heavy atom. The Bertz CT molecular complexity index is 1610. The molecule has 0 unspecified atom stereocenters. The van der Waals surface area contributed by atoms with Gasteiger partial charge in [-0.1, -0.05) is 60.7 Å². The van der Waals surface area contributed by atoms with E-state index in [2.05, 4.69) is 15.6 Å². The van der Waals surface area contributed by atoms with Crippen molar-refractivity contribution in [3.8, 4) is 5.75 Å². The lowest BCUT2D eigenvalue weighted by Gasteiger charge is -2.27. The SMILES string of the molecule is O=C(Nc1nccs1)[C@@H](c1ccccc1)N1Cc2cc(Nc3ccc(OCc4ccccc4)cc3)ccc2C1=O. The van der Waals surface area contributed by atoms with Gasteiger partial charge in [0.25, 0.3) is 11.8 Å². The van der Waals surface area contributed by atoms with Gasteiger partial charge in [-0.05, 0) is 59.2 Å². The minimum atomic E-state index is -0.787. The molecule has 1 atom stereocenters. The number of nitrogens with one attached hydrogen (secondary N) is 2. The molecule has 1 aliphatic heterocycles. The zero-order valence-corrected chi connectivity index (χ0v) is 22.3. The Kier molecular flexibility index (Phi) is 7.24. The van der Waals surface area contributed by atoms with Gasteiger partial charge in [0.1, 0.15) is 18.4 Å². The summed E-state index contributed by atoms with van der Waals surface area (Å²) in [5.74, 6) is 0.312. The van der Waals surface area contributed by atoms with Crippen LogP contribution in [-0.4, -0.2) is 21.7 Å². The molecular formula is C32H26N4O3S. The summed E-state index contributed by atoms with van der Waals surface area (Å²) in [6, 6.07) is 32.0. The molecule has 0 aliphatic carbocycles. The number of hydrogen-bond acceptors (Lipinski definition) is 6. The topological polar surface area (TPSA) is 83.6 Å². The number of anilines is 3. The molecule has 0 bridgehead atoms. The van der Waals surface area contributed by atoms with Gasteiger partial charge in [-0.2, -0.15) is 0 Å². The quantitative estimate of drug-likeness (QED) is 0.212. The smallest absolute Gasteiger partial charge is 0.255 e. The van der Waals surface area contributed by atoms with Gasteiger partial charge in [0, 0.05) is 35.1 Å². The average molecular weight is 547 g/mol. The second-order valence-corrected chi connectivity index (χ2v) is 10.3. The highest BCUT2D eigenvalue weighted by Gasteiger charge is 2.37. The fraction of sp³-hybridized carbons (Fsp3) is 0.0938. The zero-order chi connectivity index (χ0) is 27.3. The Morgan fingerprint density at radius 3 is 2.38 bits per heavy atom. The number of benzene rings is 4. The van der Waals surface area contributed by atoms with Crippen molar-refractivity contribution in [2.45, 2.75) is 19.2 Å². The normalized spacial score (nSPS) is 13.0. The lowest BCUT2D eigenvalue weighted by atomic mass is 10.0. The summed E-state index contributed by atoms with van der Waals surface area (Å²) >= 11 is 1.34. The van der Waals surface area contributed by atoms with Crippen LogP contribution in [0.2, 0.25) is 0 Å². The van der Waals surface area contributed by atoms with Gasteiger partial charge in [0.2, 0.25) is 0 Å². The van der Waals surface area contributed by atoms with Gasteiger partial charge in [-0.25, -0.2) is 4.98 Å². The molecular weight excluding hydrogens is 520 g/mol. The Balaban J connectivity index is 1.16. The molecule has 2 N–H and O–H groups in total. The summed E-state index contributed by atoms with van der Waals surface area (Å²) in [5, 5.41) is 8.56. The van der Waals surface area contributed by atoms with Crippen molar-refractivity contribution in [1.29, 1.82) is 0 Å². The molecule has 1 aliphatic rings. The zero-order valence-electron chi connectivity index (χ0n) is 21.5. The number of hydrogen-bond donors (Lipinski definition) is 2. The van der Waals surface area contributed by atoms with E-state index in [4.69, 9.17) is 4.74 Å². The summed E-state index contributed by atoms with van der Waals surface area (Å²) in [5.41, 5.74) is 5.07. The third kappa shape index (κ3) is 5.57. The number of carbonyl (C=O) groups is 2. The van der Waals surface area contributed by atoms with E-state index in [0.29, 0.717) is 23.8 Å². The molecule has 7 nitrogen and oxygen atoms in total. The van der Waals surface area contributed by atoms with Crippen molar-refractivity contribution < 1.29 is 14.3 Å². The highest BCUT2D eigenvalue weighted by atomic mass is 32.1. The lowest BCUT2D eigenvalue weighted by Crippen LogP contribution is -2.37. The van der Waals surface area contributed by atoms with Crippen molar-refractivity contribution >= 4 is 39.7 Å². The summed E-state index contributed by atoms with van der Waals surface area (Å²) in [6.45, 7) is 0.829. The first-order chi connectivity index (χ1) is 19.6. The van der Waals surface area contributed by atoms with Crippen LogP contribution >= 0.6 is 11.3 Å². The van der Waals surface area contributed by atoms with Gasteiger partial charge in [0.15, 0.2) is 5.13 Å². The number of amides is 2. The predicted molar refractivity (Wildman–Crippen MR) is 157 cm³/mol. The van der Waals surface area contributed by atoms with Crippen molar-refractivity contribution in [3.63, 3.8) is 0 Å². The number of fused-ring (bicyclic) bond motifs is 1. The highest BCUT2D eigenvalue weighted by Crippen LogP contribution is 2.34. The number of ether oxygens (including phenoxy) is 1. The molecule has 1 aromatic heterocycles. The maximum atomic E-state index is 13.5. The number of nitrogens with zero attached hydrogens (tertiary/aromatic N) is 2. The second kappa shape index (κ2) is 11.4. The van der Waals surface area contributed by atoms with E-state index in [0.717, 1.165) is 33.8 Å². The molecule has 40 heavy (non-hydrogen) atoms. The van der Waals surface area contributed by atoms with Crippen LogP contribution in [0, 0.1) is 0 Å². The van der Waals surface area contributed by atoms with Crippen LogP contribution in [0.4, 0.5) is 16.5 Å². The molecule has 4 aromatic carbocycles. The average Bonchev–Trinajstić information content (AvgIpc) is 3.61. The van der Waals surface area contributed by atoms with Crippen molar-refractivity contribution in [3.05, 3.63) is 137 Å². The Hall–Kier alpha value is -4.95. The van der Waals surface area contributed by atoms with Gasteiger partial charge in [-0.15, -0.1) is 11.3 Å². The van der Waals surface area contributed by atoms with Crippen LogP contribution in [0.5, 0.6) is 5.75 Å². The van der Waals surface area contributed by atoms with E-state index in [9.17, 15) is 9.59 Å². The largest absolute Gasteiger partial charge is 0.489 e. The number of thiazole rings is 1. The molecule has 0 saturated heterocycles. The van der Waals surface area contributed by atoms with Crippen LogP contribution in [0.1, 0.15) is 33.1 Å². The van der Waals surface area contributed by atoms with Gasteiger partial charge < -0.3 is 15.0 Å². The maximum absolute atomic E-state index is 13.5. The minimum Gasteiger partial charge on any atom is -0.489 e. The lowest BCUT2D eigenvalue weighted by molar-refractivity contribution is -0.120. The molecule has 5 aromatic rings. The van der Waals surface area contributed by atoms with Crippen molar-refractivity contribution in [1.82, 2.24) is 9.88 Å². The van der Waals surface area contributed by atoms with Gasteiger partial charge in [-0.3, -0.25) is 14.9 Å². The van der Waals surface area contributed by atoms with Gasteiger partial charge in [0.05, 0.1) is 0 Å². The first kappa shape index (κ1) is 25.3. The van der Waals surface area contributed by atoms with E-state index >= 15 is 0 Å². The predicted octanol–water partition coefficient (Wildman–Crippen LogP) is 6.80. The highest BCUT2D eigenvalue weighted by molar-refractivity contribution is 7.13. The molecule has 0 saturated carbocycles. The van der Waals surface area contributed by atoms with E-state index in [1.807, 2.05) is 103 Å². The van der Waals surface area contributed by atoms with Crippen molar-refractivity contribution in [2.75, 3.05) is 10.6 Å². The van der Waals surface area contributed by atoms with Crippen molar-refractivity contribution in [2.24, 2.45) is 0 Å².